The Kier molecular flexibility index (Phi) is 4.79. The summed E-state index contributed by atoms with van der Waals surface area (Å²) in [5.74, 6) is -0.270. The van der Waals surface area contributed by atoms with E-state index in [0.29, 0.717) is 12.0 Å². The highest BCUT2D eigenvalue weighted by Crippen LogP contribution is 2.21. The van der Waals surface area contributed by atoms with Gasteiger partial charge in [0, 0.05) is 12.1 Å². The molecule has 1 unspecified atom stereocenters. The minimum absolute atomic E-state index is 0.0148. The van der Waals surface area contributed by atoms with Crippen molar-refractivity contribution >= 4 is 11.6 Å². The lowest BCUT2D eigenvalue weighted by atomic mass is 10.0. The molecule has 0 saturated heterocycles. The van der Waals surface area contributed by atoms with Crippen molar-refractivity contribution in [2.75, 3.05) is 0 Å². The number of hydrogen-bond donors (Lipinski definition) is 2. The molecule has 0 bridgehead atoms. The lowest BCUT2D eigenvalue weighted by molar-refractivity contribution is -0.384. The molecule has 0 aliphatic heterocycles. The number of amides is 1. The van der Waals surface area contributed by atoms with Crippen LogP contribution in [0.3, 0.4) is 0 Å². The highest BCUT2D eigenvalue weighted by Gasteiger charge is 2.17. The van der Waals surface area contributed by atoms with Crippen molar-refractivity contribution < 1.29 is 9.72 Å². The standard InChI is InChI=1S/C12H17N3O3/c1-3-11(14-12(16)8(2)13)9-5-4-6-10(7-9)15(17)18/h4-8,11H,3,13H2,1-2H3,(H,14,16)/t8-,11?/m1/s1. The average molecular weight is 251 g/mol. The van der Waals surface area contributed by atoms with Crippen LogP contribution >= 0.6 is 0 Å². The summed E-state index contributed by atoms with van der Waals surface area (Å²) in [6.45, 7) is 3.49. The van der Waals surface area contributed by atoms with Crippen molar-refractivity contribution in [1.82, 2.24) is 5.32 Å². The summed E-state index contributed by atoms with van der Waals surface area (Å²) in [6, 6.07) is 5.39. The number of nitro groups is 1. The van der Waals surface area contributed by atoms with Crippen molar-refractivity contribution in [3.05, 3.63) is 39.9 Å². The Balaban J connectivity index is 2.91. The van der Waals surface area contributed by atoms with Gasteiger partial charge in [-0.05, 0) is 18.9 Å². The van der Waals surface area contributed by atoms with E-state index in [9.17, 15) is 14.9 Å². The topological polar surface area (TPSA) is 98.3 Å². The third-order valence-corrected chi connectivity index (χ3v) is 2.62. The van der Waals surface area contributed by atoms with Gasteiger partial charge in [0.15, 0.2) is 0 Å². The molecule has 1 amide bonds. The molecule has 18 heavy (non-hydrogen) atoms. The van der Waals surface area contributed by atoms with Crippen LogP contribution in [0.5, 0.6) is 0 Å². The largest absolute Gasteiger partial charge is 0.348 e. The van der Waals surface area contributed by atoms with Crippen molar-refractivity contribution in [3.8, 4) is 0 Å². The van der Waals surface area contributed by atoms with Crippen LogP contribution in [0.2, 0.25) is 0 Å². The predicted molar refractivity (Wildman–Crippen MR) is 67.9 cm³/mol. The second-order valence-electron chi connectivity index (χ2n) is 4.11. The molecule has 6 nitrogen and oxygen atoms in total. The molecule has 0 aliphatic carbocycles. The number of rotatable bonds is 5. The molecular formula is C12H17N3O3. The van der Waals surface area contributed by atoms with Crippen LogP contribution in [-0.2, 0) is 4.79 Å². The van der Waals surface area contributed by atoms with Crippen molar-refractivity contribution in [1.29, 1.82) is 0 Å². The van der Waals surface area contributed by atoms with E-state index in [1.54, 1.807) is 19.1 Å². The average Bonchev–Trinajstić information content (AvgIpc) is 2.35. The fourth-order valence-corrected chi connectivity index (χ4v) is 1.58. The van der Waals surface area contributed by atoms with E-state index in [2.05, 4.69) is 5.32 Å². The Hall–Kier alpha value is -1.95. The van der Waals surface area contributed by atoms with Gasteiger partial charge in [-0.1, -0.05) is 19.1 Å². The minimum Gasteiger partial charge on any atom is -0.348 e. The maximum atomic E-state index is 11.5. The lowest BCUT2D eigenvalue weighted by Gasteiger charge is -2.18. The van der Waals surface area contributed by atoms with Crippen molar-refractivity contribution in [2.24, 2.45) is 5.73 Å². The van der Waals surface area contributed by atoms with Gasteiger partial charge in [0.2, 0.25) is 5.91 Å². The third-order valence-electron chi connectivity index (χ3n) is 2.62. The SMILES string of the molecule is CCC(NC(=O)[C@@H](C)N)c1cccc([N+](=O)[O-])c1. The first-order chi connectivity index (χ1) is 8.45. The van der Waals surface area contributed by atoms with E-state index >= 15 is 0 Å². The summed E-state index contributed by atoms with van der Waals surface area (Å²) in [6.07, 6.45) is 0.639. The molecule has 98 valence electrons. The Labute approximate surface area is 105 Å². The van der Waals surface area contributed by atoms with E-state index in [-0.39, 0.29) is 17.6 Å². The summed E-state index contributed by atoms with van der Waals surface area (Å²) in [7, 11) is 0. The smallest absolute Gasteiger partial charge is 0.269 e. The third kappa shape index (κ3) is 3.53. The summed E-state index contributed by atoms with van der Waals surface area (Å²) >= 11 is 0. The maximum absolute atomic E-state index is 11.5. The maximum Gasteiger partial charge on any atom is 0.269 e. The van der Waals surface area contributed by atoms with Crippen LogP contribution < -0.4 is 11.1 Å². The van der Waals surface area contributed by atoms with Gasteiger partial charge in [-0.2, -0.15) is 0 Å². The fraction of sp³-hybridized carbons (Fsp3) is 0.417. The number of hydrogen-bond acceptors (Lipinski definition) is 4. The zero-order chi connectivity index (χ0) is 13.7. The van der Waals surface area contributed by atoms with Crippen molar-refractivity contribution in [3.63, 3.8) is 0 Å². The number of benzene rings is 1. The highest BCUT2D eigenvalue weighted by molar-refractivity contribution is 5.81. The van der Waals surface area contributed by atoms with E-state index in [0.717, 1.165) is 0 Å². The first kappa shape index (κ1) is 14.1. The molecule has 0 fully saturated rings. The monoisotopic (exact) mass is 251 g/mol. The molecule has 1 aromatic carbocycles. The summed E-state index contributed by atoms with van der Waals surface area (Å²) in [5, 5.41) is 13.5. The second-order valence-corrected chi connectivity index (χ2v) is 4.11. The molecule has 0 saturated carbocycles. The van der Waals surface area contributed by atoms with Crippen molar-refractivity contribution in [2.45, 2.75) is 32.4 Å². The van der Waals surface area contributed by atoms with Crippen LogP contribution in [0, 0.1) is 10.1 Å². The van der Waals surface area contributed by atoms with E-state index < -0.39 is 11.0 Å². The number of carbonyl (C=O) groups excluding carboxylic acids is 1. The van der Waals surface area contributed by atoms with Gasteiger partial charge in [-0.3, -0.25) is 14.9 Å². The molecule has 6 heteroatoms. The van der Waals surface area contributed by atoms with Crippen LogP contribution in [0.25, 0.3) is 0 Å². The zero-order valence-corrected chi connectivity index (χ0v) is 10.4. The van der Waals surface area contributed by atoms with Crippen LogP contribution in [-0.4, -0.2) is 16.9 Å². The van der Waals surface area contributed by atoms with Crippen LogP contribution in [0.15, 0.2) is 24.3 Å². The quantitative estimate of drug-likeness (QED) is 0.612. The highest BCUT2D eigenvalue weighted by atomic mass is 16.6. The number of nitrogens with zero attached hydrogens (tertiary/aromatic N) is 1. The van der Waals surface area contributed by atoms with Gasteiger partial charge in [-0.15, -0.1) is 0 Å². The lowest BCUT2D eigenvalue weighted by Crippen LogP contribution is -2.40. The molecule has 0 radical (unpaired) electrons. The van der Waals surface area contributed by atoms with Gasteiger partial charge in [0.1, 0.15) is 0 Å². The molecule has 0 spiro atoms. The zero-order valence-electron chi connectivity index (χ0n) is 10.4. The molecule has 1 rings (SSSR count). The first-order valence-electron chi connectivity index (χ1n) is 5.76. The van der Waals surface area contributed by atoms with E-state index in [4.69, 9.17) is 5.73 Å². The molecule has 0 aromatic heterocycles. The Bertz CT molecular complexity index is 446. The summed E-state index contributed by atoms with van der Waals surface area (Å²) in [4.78, 5) is 21.8. The van der Waals surface area contributed by atoms with Crippen LogP contribution in [0.4, 0.5) is 5.69 Å². The molecule has 2 atom stereocenters. The Morgan fingerprint density at radius 3 is 2.72 bits per heavy atom. The van der Waals surface area contributed by atoms with E-state index in [1.165, 1.54) is 12.1 Å². The molecule has 1 aromatic rings. The fourth-order valence-electron chi connectivity index (χ4n) is 1.58. The van der Waals surface area contributed by atoms with Crippen LogP contribution in [0.1, 0.15) is 31.9 Å². The molecule has 3 N–H and O–H groups in total. The number of nitrogens with one attached hydrogen (secondary N) is 1. The first-order valence-corrected chi connectivity index (χ1v) is 5.76. The number of nitro benzene ring substituents is 1. The number of nitrogens with two attached hydrogens (primary N) is 1. The summed E-state index contributed by atoms with van der Waals surface area (Å²) < 4.78 is 0. The van der Waals surface area contributed by atoms with Gasteiger partial charge < -0.3 is 11.1 Å². The molecule has 0 aliphatic rings. The Morgan fingerprint density at radius 2 is 2.22 bits per heavy atom. The van der Waals surface area contributed by atoms with E-state index in [1.807, 2.05) is 6.92 Å². The normalized spacial score (nSPS) is 13.7. The second kappa shape index (κ2) is 6.11. The number of non-ortho nitro benzene ring substituents is 1. The predicted octanol–water partition coefficient (Wildman–Crippen LogP) is 1.51. The summed E-state index contributed by atoms with van der Waals surface area (Å²) in [5.41, 5.74) is 6.20. The van der Waals surface area contributed by atoms with Gasteiger partial charge in [0.25, 0.3) is 5.69 Å². The molecular weight excluding hydrogens is 234 g/mol. The number of carbonyl (C=O) groups is 1. The van der Waals surface area contributed by atoms with Gasteiger partial charge >= 0.3 is 0 Å². The molecule has 0 heterocycles. The minimum atomic E-state index is -0.599. The van der Waals surface area contributed by atoms with Gasteiger partial charge in [-0.25, -0.2) is 0 Å². The Morgan fingerprint density at radius 1 is 1.56 bits per heavy atom. The van der Waals surface area contributed by atoms with Gasteiger partial charge in [0.05, 0.1) is 17.0 Å².